The first-order valence-electron chi connectivity index (χ1n) is 6.69. The molecule has 0 spiro atoms. The van der Waals surface area contributed by atoms with Gasteiger partial charge in [-0.3, -0.25) is 0 Å². The van der Waals surface area contributed by atoms with Gasteiger partial charge < -0.3 is 10.2 Å². The first kappa shape index (κ1) is 11.8. The molecule has 2 aliphatic rings. The zero-order valence-corrected chi connectivity index (χ0v) is 10.5. The van der Waals surface area contributed by atoms with Crippen molar-refractivity contribution >= 4 is 11.4 Å². The summed E-state index contributed by atoms with van der Waals surface area (Å²) in [6, 6.07) is 3.13. The first-order valence-corrected chi connectivity index (χ1v) is 6.69. The van der Waals surface area contributed by atoms with E-state index in [4.69, 9.17) is 0 Å². The van der Waals surface area contributed by atoms with Gasteiger partial charge in [-0.1, -0.05) is 13.3 Å². The summed E-state index contributed by atoms with van der Waals surface area (Å²) < 4.78 is 27.4. The molecule has 0 aromatic heterocycles. The van der Waals surface area contributed by atoms with Gasteiger partial charge in [0, 0.05) is 19.1 Å². The van der Waals surface area contributed by atoms with Gasteiger partial charge in [-0.25, -0.2) is 8.78 Å². The highest BCUT2D eigenvalue weighted by Gasteiger charge is 2.34. The maximum absolute atomic E-state index is 14.0. The molecule has 2 atom stereocenters. The quantitative estimate of drug-likeness (QED) is 0.824. The van der Waals surface area contributed by atoms with Crippen LogP contribution < -0.4 is 10.2 Å². The lowest BCUT2D eigenvalue weighted by Gasteiger charge is -2.45. The number of piperidine rings is 1. The SMILES string of the molecule is CCC1CCN2c3c(ccc(F)c3F)NCC2C1. The third kappa shape index (κ3) is 1.74. The maximum atomic E-state index is 14.0. The second-order valence-electron chi connectivity index (χ2n) is 5.28. The molecular weight excluding hydrogens is 234 g/mol. The van der Waals surface area contributed by atoms with E-state index in [2.05, 4.69) is 17.1 Å². The molecule has 18 heavy (non-hydrogen) atoms. The lowest BCUT2D eigenvalue weighted by atomic mass is 9.87. The van der Waals surface area contributed by atoms with Crippen LogP contribution >= 0.6 is 0 Å². The lowest BCUT2D eigenvalue weighted by molar-refractivity contribution is 0.332. The molecule has 0 bridgehead atoms. The van der Waals surface area contributed by atoms with Crippen molar-refractivity contribution in [2.45, 2.75) is 32.2 Å². The van der Waals surface area contributed by atoms with Crippen LogP contribution in [0.5, 0.6) is 0 Å². The summed E-state index contributed by atoms with van der Waals surface area (Å²) in [6.45, 7) is 3.86. The van der Waals surface area contributed by atoms with E-state index in [9.17, 15) is 8.78 Å². The molecule has 1 saturated heterocycles. The van der Waals surface area contributed by atoms with Crippen LogP contribution in [-0.4, -0.2) is 19.1 Å². The zero-order chi connectivity index (χ0) is 12.7. The summed E-state index contributed by atoms with van der Waals surface area (Å²) in [6.07, 6.45) is 3.31. The molecule has 0 saturated carbocycles. The number of anilines is 2. The van der Waals surface area contributed by atoms with Crippen LogP contribution in [0.15, 0.2) is 12.1 Å². The lowest BCUT2D eigenvalue weighted by Crippen LogP contribution is -2.49. The summed E-state index contributed by atoms with van der Waals surface area (Å²) in [5.41, 5.74) is 1.15. The predicted molar refractivity (Wildman–Crippen MR) is 69.0 cm³/mol. The number of hydrogen-bond acceptors (Lipinski definition) is 2. The molecule has 1 N–H and O–H groups in total. The van der Waals surface area contributed by atoms with E-state index < -0.39 is 11.6 Å². The zero-order valence-electron chi connectivity index (χ0n) is 10.5. The van der Waals surface area contributed by atoms with Gasteiger partial charge in [-0.05, 0) is 30.9 Å². The van der Waals surface area contributed by atoms with E-state index in [0.29, 0.717) is 17.6 Å². The summed E-state index contributed by atoms with van der Waals surface area (Å²) in [5.74, 6) is -0.750. The van der Waals surface area contributed by atoms with Gasteiger partial charge >= 0.3 is 0 Å². The summed E-state index contributed by atoms with van der Waals surface area (Å²) in [4.78, 5) is 2.05. The number of hydrogen-bond donors (Lipinski definition) is 1. The molecule has 1 aromatic carbocycles. The van der Waals surface area contributed by atoms with E-state index >= 15 is 0 Å². The number of rotatable bonds is 1. The van der Waals surface area contributed by atoms with E-state index in [0.717, 1.165) is 31.6 Å². The van der Waals surface area contributed by atoms with Gasteiger partial charge in [0.1, 0.15) is 0 Å². The Morgan fingerprint density at radius 2 is 2.22 bits per heavy atom. The van der Waals surface area contributed by atoms with Crippen LogP contribution in [0.4, 0.5) is 20.2 Å². The average molecular weight is 252 g/mol. The van der Waals surface area contributed by atoms with Crippen molar-refractivity contribution in [1.82, 2.24) is 0 Å². The van der Waals surface area contributed by atoms with E-state index in [1.165, 1.54) is 12.5 Å². The van der Waals surface area contributed by atoms with Crippen LogP contribution in [0.2, 0.25) is 0 Å². The van der Waals surface area contributed by atoms with E-state index in [-0.39, 0.29) is 0 Å². The third-order valence-corrected chi connectivity index (χ3v) is 4.29. The number of nitrogens with one attached hydrogen (secondary N) is 1. The molecule has 1 aromatic rings. The smallest absolute Gasteiger partial charge is 0.184 e. The fraction of sp³-hybridized carbons (Fsp3) is 0.571. The molecule has 3 rings (SSSR count). The van der Waals surface area contributed by atoms with Crippen LogP contribution in [0.25, 0.3) is 0 Å². The first-order chi connectivity index (χ1) is 8.70. The number of nitrogens with zero attached hydrogens (tertiary/aromatic N) is 1. The van der Waals surface area contributed by atoms with Gasteiger partial charge in [0.05, 0.1) is 11.4 Å². The minimum absolute atomic E-state index is 0.299. The molecule has 2 nitrogen and oxygen atoms in total. The standard InChI is InChI=1S/C14H18F2N2/c1-2-9-5-6-18-10(7-9)8-17-12-4-3-11(15)13(16)14(12)18/h3-4,9-10,17H,2,5-8H2,1H3. The number of halogens is 2. The fourth-order valence-corrected chi connectivity index (χ4v) is 3.18. The fourth-order valence-electron chi connectivity index (χ4n) is 3.18. The highest BCUT2D eigenvalue weighted by atomic mass is 19.2. The van der Waals surface area contributed by atoms with Crippen LogP contribution in [0.1, 0.15) is 26.2 Å². The van der Waals surface area contributed by atoms with Crippen LogP contribution in [0.3, 0.4) is 0 Å². The topological polar surface area (TPSA) is 15.3 Å². The van der Waals surface area contributed by atoms with Gasteiger partial charge in [-0.15, -0.1) is 0 Å². The molecule has 1 fully saturated rings. The Balaban J connectivity index is 1.96. The molecule has 0 radical (unpaired) electrons. The van der Waals surface area contributed by atoms with Crippen molar-refractivity contribution in [3.8, 4) is 0 Å². The van der Waals surface area contributed by atoms with Crippen LogP contribution in [-0.2, 0) is 0 Å². The van der Waals surface area contributed by atoms with Crippen molar-refractivity contribution < 1.29 is 8.78 Å². The summed E-state index contributed by atoms with van der Waals surface area (Å²) in [5, 5.41) is 3.23. The van der Waals surface area contributed by atoms with E-state index in [1.54, 1.807) is 6.07 Å². The number of fused-ring (bicyclic) bond motifs is 3. The molecule has 98 valence electrons. The summed E-state index contributed by atoms with van der Waals surface area (Å²) >= 11 is 0. The monoisotopic (exact) mass is 252 g/mol. The highest BCUT2D eigenvalue weighted by Crippen LogP contribution is 2.39. The normalized spacial score (nSPS) is 26.3. The Labute approximate surface area is 106 Å². The van der Waals surface area contributed by atoms with Crippen molar-refractivity contribution in [3.05, 3.63) is 23.8 Å². The minimum atomic E-state index is -0.756. The second-order valence-corrected chi connectivity index (χ2v) is 5.28. The molecule has 0 aliphatic carbocycles. The summed E-state index contributed by atoms with van der Waals surface area (Å²) in [7, 11) is 0. The molecule has 0 amide bonds. The molecule has 4 heteroatoms. The van der Waals surface area contributed by atoms with Gasteiger partial charge in [0.25, 0.3) is 0 Å². The Kier molecular flexibility index (Phi) is 2.88. The Morgan fingerprint density at radius 1 is 1.39 bits per heavy atom. The molecule has 2 unspecified atom stereocenters. The molecule has 2 heterocycles. The average Bonchev–Trinajstić information content (AvgIpc) is 2.41. The minimum Gasteiger partial charge on any atom is -0.381 e. The highest BCUT2D eigenvalue weighted by molar-refractivity contribution is 5.73. The van der Waals surface area contributed by atoms with E-state index in [1.807, 2.05) is 0 Å². The van der Waals surface area contributed by atoms with Crippen molar-refractivity contribution in [3.63, 3.8) is 0 Å². The van der Waals surface area contributed by atoms with Crippen molar-refractivity contribution in [1.29, 1.82) is 0 Å². The Morgan fingerprint density at radius 3 is 3.00 bits per heavy atom. The Hall–Kier alpha value is -1.32. The predicted octanol–water partition coefficient (Wildman–Crippen LogP) is 3.39. The maximum Gasteiger partial charge on any atom is 0.184 e. The largest absolute Gasteiger partial charge is 0.381 e. The van der Waals surface area contributed by atoms with Gasteiger partial charge in [0.15, 0.2) is 11.6 Å². The molecule has 2 aliphatic heterocycles. The molecular formula is C14H18F2N2. The van der Waals surface area contributed by atoms with Gasteiger partial charge in [0.2, 0.25) is 0 Å². The third-order valence-electron chi connectivity index (χ3n) is 4.29. The van der Waals surface area contributed by atoms with Gasteiger partial charge in [-0.2, -0.15) is 0 Å². The van der Waals surface area contributed by atoms with Crippen LogP contribution in [0, 0.1) is 17.6 Å². The number of benzene rings is 1. The Bertz CT molecular complexity index is 461. The second kappa shape index (κ2) is 4.41. The van der Waals surface area contributed by atoms with Crippen molar-refractivity contribution in [2.75, 3.05) is 23.3 Å². The van der Waals surface area contributed by atoms with Crippen molar-refractivity contribution in [2.24, 2.45) is 5.92 Å².